The number of nitrogen functional groups attached to an aromatic ring is 1. The number of rotatable bonds is 10. The van der Waals surface area contributed by atoms with Crippen LogP contribution >= 0.6 is 11.6 Å². The van der Waals surface area contributed by atoms with Crippen LogP contribution in [-0.2, 0) is 10.0 Å². The van der Waals surface area contributed by atoms with E-state index in [1.807, 2.05) is 25.1 Å². The lowest BCUT2D eigenvalue weighted by atomic mass is 10.1. The smallest absolute Gasteiger partial charge is 0.261 e. The van der Waals surface area contributed by atoms with E-state index in [1.54, 1.807) is 24.3 Å². The monoisotopic (exact) mass is 515 g/mol. The predicted octanol–water partition coefficient (Wildman–Crippen LogP) is 3.61. The second kappa shape index (κ2) is 10.5. The fraction of sp³-hybridized carbons (Fsp3) is 0.208. The van der Waals surface area contributed by atoms with Gasteiger partial charge >= 0.3 is 0 Å². The third-order valence-electron chi connectivity index (χ3n) is 5.41. The number of H-pyrrole nitrogens is 1. The molecule has 1 atom stereocenters. The van der Waals surface area contributed by atoms with Gasteiger partial charge in [0.05, 0.1) is 32.9 Å². The molecule has 6 N–H and O–H groups in total. The molecule has 184 valence electrons. The highest BCUT2D eigenvalue weighted by Crippen LogP contribution is 2.25. The van der Waals surface area contributed by atoms with Gasteiger partial charge < -0.3 is 20.9 Å². The second-order valence-corrected chi connectivity index (χ2v) is 10.1. The highest BCUT2D eigenvalue weighted by molar-refractivity contribution is 7.92. The Morgan fingerprint density at radius 1 is 1.17 bits per heavy atom. The molecule has 3 aromatic carbocycles. The largest absolute Gasteiger partial charge is 0.492 e. The zero-order chi connectivity index (χ0) is 25.0. The van der Waals surface area contributed by atoms with E-state index < -0.39 is 16.1 Å². The number of aliphatic hydroxyl groups is 1. The number of aliphatic hydroxyl groups excluding tert-OH is 1. The topological polar surface area (TPSA) is 142 Å². The van der Waals surface area contributed by atoms with E-state index in [9.17, 15) is 13.5 Å². The number of anilines is 2. The molecule has 0 fully saturated rings. The highest BCUT2D eigenvalue weighted by atomic mass is 35.5. The van der Waals surface area contributed by atoms with Crippen LogP contribution in [0.1, 0.15) is 17.4 Å². The molecular weight excluding hydrogens is 490 g/mol. The van der Waals surface area contributed by atoms with Crippen molar-refractivity contribution in [1.82, 2.24) is 15.5 Å². The molecule has 35 heavy (non-hydrogen) atoms. The summed E-state index contributed by atoms with van der Waals surface area (Å²) in [6, 6.07) is 16.4. The number of sulfonamides is 1. The van der Waals surface area contributed by atoms with E-state index in [-0.39, 0.29) is 22.2 Å². The number of nitrogens with one attached hydrogen (secondary N) is 3. The van der Waals surface area contributed by atoms with Crippen LogP contribution < -0.4 is 20.5 Å². The summed E-state index contributed by atoms with van der Waals surface area (Å²) in [6.45, 7) is 3.14. The van der Waals surface area contributed by atoms with Gasteiger partial charge in [0.2, 0.25) is 0 Å². The van der Waals surface area contributed by atoms with E-state index in [0.717, 1.165) is 22.3 Å². The SMILES string of the molecule is Cc1n[nH]c2cc(OCCNCC(O)c3cccc(NS(=O)(=O)c4ccc(Cl)c(N)c4)c3)ccc12. The maximum absolute atomic E-state index is 12.7. The molecule has 1 unspecified atom stereocenters. The van der Waals surface area contributed by atoms with Gasteiger partial charge in [0.1, 0.15) is 12.4 Å². The number of benzene rings is 3. The van der Waals surface area contributed by atoms with Crippen LogP contribution in [0.15, 0.2) is 65.6 Å². The van der Waals surface area contributed by atoms with Crippen LogP contribution in [-0.4, -0.2) is 43.4 Å². The average Bonchev–Trinajstić information content (AvgIpc) is 3.20. The Bertz CT molecular complexity index is 1440. The van der Waals surface area contributed by atoms with Gasteiger partial charge in [-0.15, -0.1) is 0 Å². The Balaban J connectivity index is 1.28. The van der Waals surface area contributed by atoms with Crippen molar-refractivity contribution in [1.29, 1.82) is 0 Å². The number of nitrogens with zero attached hydrogens (tertiary/aromatic N) is 1. The van der Waals surface area contributed by atoms with Gasteiger partial charge in [-0.3, -0.25) is 9.82 Å². The number of ether oxygens (including phenoxy) is 1. The third kappa shape index (κ3) is 6.04. The Morgan fingerprint density at radius 3 is 2.80 bits per heavy atom. The first kappa shape index (κ1) is 24.8. The number of aromatic amines is 1. The molecule has 0 spiro atoms. The van der Waals surface area contributed by atoms with Gasteiger partial charge in [-0.2, -0.15) is 5.10 Å². The molecular formula is C24H26ClN5O4S. The summed E-state index contributed by atoms with van der Waals surface area (Å²) in [5.74, 6) is 0.728. The average molecular weight is 516 g/mol. The molecule has 4 aromatic rings. The normalized spacial score (nSPS) is 12.5. The van der Waals surface area contributed by atoms with Gasteiger partial charge in [0.15, 0.2) is 0 Å². The van der Waals surface area contributed by atoms with Crippen LogP contribution in [0.3, 0.4) is 0 Å². The van der Waals surface area contributed by atoms with E-state index >= 15 is 0 Å². The number of aryl methyl sites for hydroxylation is 1. The first-order chi connectivity index (χ1) is 16.7. The molecule has 11 heteroatoms. The van der Waals surface area contributed by atoms with Gasteiger partial charge in [0, 0.05) is 30.2 Å². The molecule has 1 heterocycles. The molecule has 4 rings (SSSR count). The summed E-state index contributed by atoms with van der Waals surface area (Å²) in [7, 11) is -3.87. The molecule has 0 aliphatic rings. The molecule has 9 nitrogen and oxygen atoms in total. The number of fused-ring (bicyclic) bond motifs is 1. The van der Waals surface area contributed by atoms with Crippen molar-refractivity contribution in [2.75, 3.05) is 30.2 Å². The van der Waals surface area contributed by atoms with Crippen LogP contribution in [0.4, 0.5) is 11.4 Å². The first-order valence-corrected chi connectivity index (χ1v) is 12.7. The Hall–Kier alpha value is -3.31. The van der Waals surface area contributed by atoms with Crippen molar-refractivity contribution in [3.63, 3.8) is 0 Å². The fourth-order valence-corrected chi connectivity index (χ4v) is 4.74. The lowest BCUT2D eigenvalue weighted by Gasteiger charge is -2.15. The summed E-state index contributed by atoms with van der Waals surface area (Å²) in [5.41, 5.74) is 8.63. The lowest BCUT2D eigenvalue weighted by Crippen LogP contribution is -2.26. The quantitative estimate of drug-likeness (QED) is 0.160. The van der Waals surface area contributed by atoms with Crippen molar-refractivity contribution < 1.29 is 18.3 Å². The van der Waals surface area contributed by atoms with Gasteiger partial charge in [-0.25, -0.2) is 8.42 Å². The molecule has 0 radical (unpaired) electrons. The summed E-state index contributed by atoms with van der Waals surface area (Å²) in [4.78, 5) is -0.00571. The zero-order valence-electron chi connectivity index (χ0n) is 19.0. The predicted molar refractivity (Wildman–Crippen MR) is 137 cm³/mol. The Morgan fingerprint density at radius 2 is 2.00 bits per heavy atom. The minimum Gasteiger partial charge on any atom is -0.492 e. The van der Waals surface area contributed by atoms with Crippen LogP contribution in [0, 0.1) is 6.92 Å². The maximum atomic E-state index is 12.7. The van der Waals surface area contributed by atoms with Gasteiger partial charge in [-0.1, -0.05) is 23.7 Å². The van der Waals surface area contributed by atoms with Crippen LogP contribution in [0.25, 0.3) is 10.9 Å². The number of aromatic nitrogens is 2. The lowest BCUT2D eigenvalue weighted by molar-refractivity contribution is 0.172. The number of nitrogens with two attached hydrogens (primary N) is 1. The standard InChI is InChI=1S/C24H26ClN5O4S/c1-15-20-7-5-18(12-23(20)29-28-15)34-10-9-27-14-24(31)16-3-2-4-17(11-16)30-35(32,33)19-6-8-21(25)22(26)13-19/h2-8,11-13,24,27,30-31H,9-10,14,26H2,1H3,(H,28,29). The summed E-state index contributed by atoms with van der Waals surface area (Å²) in [6.07, 6.45) is -0.838. The van der Waals surface area contributed by atoms with Crippen LogP contribution in [0.2, 0.25) is 5.02 Å². The number of halogens is 1. The van der Waals surface area contributed by atoms with E-state index in [0.29, 0.717) is 24.4 Å². The van der Waals surface area contributed by atoms with Crippen molar-refractivity contribution in [3.05, 3.63) is 76.9 Å². The highest BCUT2D eigenvalue weighted by Gasteiger charge is 2.16. The maximum Gasteiger partial charge on any atom is 0.261 e. The van der Waals surface area contributed by atoms with E-state index in [4.69, 9.17) is 22.1 Å². The number of hydrogen-bond donors (Lipinski definition) is 5. The minimum absolute atomic E-state index is 0.00571. The molecule has 0 aliphatic heterocycles. The van der Waals surface area contributed by atoms with Crippen LogP contribution in [0.5, 0.6) is 5.75 Å². The second-order valence-electron chi connectivity index (χ2n) is 8.00. The molecule has 0 saturated heterocycles. The summed E-state index contributed by atoms with van der Waals surface area (Å²) >= 11 is 5.88. The Labute approximate surface area is 208 Å². The van der Waals surface area contributed by atoms with Gasteiger partial charge in [-0.05, 0) is 55.0 Å². The molecule has 0 aliphatic carbocycles. The fourth-order valence-electron chi connectivity index (χ4n) is 3.54. The summed E-state index contributed by atoms with van der Waals surface area (Å²) in [5, 5.41) is 22.2. The van der Waals surface area contributed by atoms with E-state index in [2.05, 4.69) is 20.2 Å². The minimum atomic E-state index is -3.87. The van der Waals surface area contributed by atoms with Crippen molar-refractivity contribution in [3.8, 4) is 5.75 Å². The van der Waals surface area contributed by atoms with Crippen molar-refractivity contribution in [2.45, 2.75) is 17.9 Å². The Kier molecular flexibility index (Phi) is 7.46. The van der Waals surface area contributed by atoms with Gasteiger partial charge in [0.25, 0.3) is 10.0 Å². The number of hydrogen-bond acceptors (Lipinski definition) is 7. The van der Waals surface area contributed by atoms with E-state index in [1.165, 1.54) is 18.2 Å². The van der Waals surface area contributed by atoms with Crippen molar-refractivity contribution >= 4 is 43.9 Å². The molecule has 0 bridgehead atoms. The molecule has 0 saturated carbocycles. The zero-order valence-corrected chi connectivity index (χ0v) is 20.5. The third-order valence-corrected chi connectivity index (χ3v) is 7.13. The summed E-state index contributed by atoms with van der Waals surface area (Å²) < 4.78 is 33.6. The first-order valence-electron chi connectivity index (χ1n) is 10.9. The van der Waals surface area contributed by atoms with Crippen molar-refractivity contribution in [2.24, 2.45) is 0 Å². The molecule has 0 amide bonds. The molecule has 1 aromatic heterocycles.